The molecule has 0 fully saturated rings. The number of hydrogen-bond donors (Lipinski definition) is 1. The Kier molecular flexibility index (Phi) is 3.94. The van der Waals surface area contributed by atoms with Crippen LogP contribution in [0.4, 0.5) is 5.69 Å². The zero-order valence-electron chi connectivity index (χ0n) is 12.1. The first-order valence-corrected chi connectivity index (χ1v) is 7.25. The number of ether oxygens (including phenoxy) is 1. The minimum atomic E-state index is -0.405. The number of carbonyl (C=O) groups excluding carboxylic acids is 1. The number of hydrogen-bond acceptors (Lipinski definition) is 5. The maximum Gasteiger partial charge on any atom is 0.243 e. The van der Waals surface area contributed by atoms with E-state index in [1.807, 2.05) is 26.8 Å². The SMILES string of the molecule is CCC(=O)N1N=C(c2cc(OC)ccc2N)SC1(C)C. The third kappa shape index (κ3) is 2.60. The average Bonchev–Trinajstić information content (AvgIpc) is 2.74. The van der Waals surface area contributed by atoms with Crippen molar-refractivity contribution in [1.29, 1.82) is 0 Å². The summed E-state index contributed by atoms with van der Waals surface area (Å²) < 4.78 is 5.22. The van der Waals surface area contributed by atoms with Crippen molar-refractivity contribution in [3.8, 4) is 5.75 Å². The first-order chi connectivity index (χ1) is 9.39. The molecule has 2 N–H and O–H groups in total. The molecule has 1 aliphatic rings. The van der Waals surface area contributed by atoms with Crippen molar-refractivity contribution < 1.29 is 9.53 Å². The molecule has 1 aliphatic heterocycles. The van der Waals surface area contributed by atoms with Gasteiger partial charge in [0.15, 0.2) is 0 Å². The standard InChI is InChI=1S/C14H19N3O2S/c1-5-12(18)17-14(2,3)20-13(16-17)10-8-9(19-4)6-7-11(10)15/h6-8H,5,15H2,1-4H3. The zero-order valence-corrected chi connectivity index (χ0v) is 13.0. The second kappa shape index (κ2) is 5.36. The van der Waals surface area contributed by atoms with Crippen LogP contribution in [-0.2, 0) is 4.79 Å². The maximum atomic E-state index is 12.0. The molecule has 0 bridgehead atoms. The van der Waals surface area contributed by atoms with Gasteiger partial charge in [0.2, 0.25) is 5.91 Å². The summed E-state index contributed by atoms with van der Waals surface area (Å²) in [6, 6.07) is 5.44. The summed E-state index contributed by atoms with van der Waals surface area (Å²) in [5.74, 6) is 0.717. The number of hydrazone groups is 1. The van der Waals surface area contributed by atoms with Crippen LogP contribution in [0.2, 0.25) is 0 Å². The Morgan fingerprint density at radius 1 is 1.50 bits per heavy atom. The van der Waals surface area contributed by atoms with Crippen molar-refractivity contribution in [2.24, 2.45) is 5.10 Å². The number of rotatable bonds is 3. The van der Waals surface area contributed by atoms with Crippen LogP contribution in [0, 0.1) is 0 Å². The van der Waals surface area contributed by atoms with Gasteiger partial charge in [-0.05, 0) is 32.0 Å². The Balaban J connectivity index is 2.41. The van der Waals surface area contributed by atoms with E-state index in [-0.39, 0.29) is 5.91 Å². The molecular weight excluding hydrogens is 274 g/mol. The smallest absolute Gasteiger partial charge is 0.243 e. The summed E-state index contributed by atoms with van der Waals surface area (Å²) in [5.41, 5.74) is 7.44. The molecular formula is C14H19N3O2S. The van der Waals surface area contributed by atoms with Gasteiger partial charge in [0.1, 0.15) is 15.7 Å². The van der Waals surface area contributed by atoms with Crippen LogP contribution in [0.25, 0.3) is 0 Å². The van der Waals surface area contributed by atoms with E-state index in [9.17, 15) is 4.79 Å². The fraction of sp³-hybridized carbons (Fsp3) is 0.429. The monoisotopic (exact) mass is 293 g/mol. The van der Waals surface area contributed by atoms with Crippen molar-refractivity contribution in [2.45, 2.75) is 32.1 Å². The number of nitrogens with two attached hydrogens (primary N) is 1. The normalized spacial score (nSPS) is 17.0. The molecule has 108 valence electrons. The molecule has 0 aliphatic carbocycles. The number of benzene rings is 1. The number of nitrogens with zero attached hydrogens (tertiary/aromatic N) is 2. The topological polar surface area (TPSA) is 67.9 Å². The third-order valence-corrected chi connectivity index (χ3v) is 4.24. The van der Waals surface area contributed by atoms with Crippen molar-refractivity contribution >= 4 is 28.4 Å². The summed E-state index contributed by atoms with van der Waals surface area (Å²) in [6.07, 6.45) is 0.425. The second-order valence-electron chi connectivity index (χ2n) is 4.97. The van der Waals surface area contributed by atoms with Gasteiger partial charge in [0.05, 0.1) is 7.11 Å². The zero-order chi connectivity index (χ0) is 14.9. The Morgan fingerprint density at radius 2 is 2.20 bits per heavy atom. The summed E-state index contributed by atoms with van der Waals surface area (Å²) in [6.45, 7) is 5.77. The number of thioether (sulfide) groups is 1. The predicted molar refractivity (Wildman–Crippen MR) is 82.8 cm³/mol. The highest BCUT2D eigenvalue weighted by molar-refractivity contribution is 8.15. The van der Waals surface area contributed by atoms with Crippen molar-refractivity contribution in [2.75, 3.05) is 12.8 Å². The van der Waals surface area contributed by atoms with E-state index in [4.69, 9.17) is 10.5 Å². The van der Waals surface area contributed by atoms with E-state index in [0.717, 1.165) is 16.4 Å². The number of carbonyl (C=O) groups is 1. The Labute approximate surface area is 123 Å². The summed E-state index contributed by atoms with van der Waals surface area (Å²) in [7, 11) is 1.61. The van der Waals surface area contributed by atoms with E-state index < -0.39 is 4.87 Å². The fourth-order valence-corrected chi connectivity index (χ4v) is 3.09. The van der Waals surface area contributed by atoms with Crippen LogP contribution in [0.1, 0.15) is 32.8 Å². The van der Waals surface area contributed by atoms with Crippen molar-refractivity contribution in [3.05, 3.63) is 23.8 Å². The molecule has 0 aromatic heterocycles. The first-order valence-electron chi connectivity index (χ1n) is 6.43. The minimum absolute atomic E-state index is 0.000956. The molecule has 1 aromatic rings. The van der Waals surface area contributed by atoms with Gasteiger partial charge < -0.3 is 10.5 Å². The molecule has 1 heterocycles. The lowest BCUT2D eigenvalue weighted by Gasteiger charge is -2.26. The number of methoxy groups -OCH3 is 1. The lowest BCUT2D eigenvalue weighted by Crippen LogP contribution is -2.38. The molecule has 2 rings (SSSR count). The van der Waals surface area contributed by atoms with E-state index in [1.54, 1.807) is 19.2 Å². The Bertz CT molecular complexity index is 570. The van der Waals surface area contributed by atoms with Gasteiger partial charge in [-0.25, -0.2) is 5.01 Å². The van der Waals surface area contributed by atoms with Crippen molar-refractivity contribution in [1.82, 2.24) is 5.01 Å². The molecule has 6 heteroatoms. The summed E-state index contributed by atoms with van der Waals surface area (Å²) in [4.78, 5) is 11.6. The van der Waals surface area contributed by atoms with Gasteiger partial charge in [0, 0.05) is 17.7 Å². The highest BCUT2D eigenvalue weighted by Crippen LogP contribution is 2.40. The molecule has 0 spiro atoms. The van der Waals surface area contributed by atoms with Crippen LogP contribution in [-0.4, -0.2) is 27.9 Å². The highest BCUT2D eigenvalue weighted by Gasteiger charge is 2.39. The third-order valence-electron chi connectivity index (χ3n) is 3.08. The lowest BCUT2D eigenvalue weighted by molar-refractivity contribution is -0.133. The molecule has 0 unspecified atom stereocenters. The molecule has 0 saturated carbocycles. The molecule has 1 amide bonds. The van der Waals surface area contributed by atoms with Gasteiger partial charge in [0.25, 0.3) is 0 Å². The van der Waals surface area contributed by atoms with Crippen LogP contribution >= 0.6 is 11.8 Å². The number of nitrogen functional groups attached to an aromatic ring is 1. The summed E-state index contributed by atoms with van der Waals surface area (Å²) in [5, 5.41) is 6.72. The fourth-order valence-electron chi connectivity index (χ4n) is 1.97. The van der Waals surface area contributed by atoms with E-state index in [2.05, 4.69) is 5.10 Å². The predicted octanol–water partition coefficient (Wildman–Crippen LogP) is 2.66. The largest absolute Gasteiger partial charge is 0.497 e. The molecule has 20 heavy (non-hydrogen) atoms. The van der Waals surface area contributed by atoms with Gasteiger partial charge in [-0.3, -0.25) is 4.79 Å². The quantitative estimate of drug-likeness (QED) is 0.870. The molecule has 0 radical (unpaired) electrons. The van der Waals surface area contributed by atoms with Gasteiger partial charge in [-0.2, -0.15) is 5.10 Å². The van der Waals surface area contributed by atoms with Gasteiger partial charge >= 0.3 is 0 Å². The maximum absolute atomic E-state index is 12.0. The number of anilines is 1. The van der Waals surface area contributed by atoms with Crippen molar-refractivity contribution in [3.63, 3.8) is 0 Å². The Morgan fingerprint density at radius 3 is 2.80 bits per heavy atom. The first kappa shape index (κ1) is 14.7. The summed E-state index contributed by atoms with van der Waals surface area (Å²) >= 11 is 1.53. The average molecular weight is 293 g/mol. The molecule has 0 saturated heterocycles. The molecule has 5 nitrogen and oxygen atoms in total. The van der Waals surface area contributed by atoms with Gasteiger partial charge in [-0.15, -0.1) is 0 Å². The van der Waals surface area contributed by atoms with Crippen LogP contribution < -0.4 is 10.5 Å². The second-order valence-corrected chi connectivity index (χ2v) is 6.56. The van der Waals surface area contributed by atoms with E-state index in [1.165, 1.54) is 16.8 Å². The van der Waals surface area contributed by atoms with Crippen LogP contribution in [0.3, 0.4) is 0 Å². The highest BCUT2D eigenvalue weighted by atomic mass is 32.2. The molecule has 1 aromatic carbocycles. The van der Waals surface area contributed by atoms with E-state index in [0.29, 0.717) is 12.1 Å². The lowest BCUT2D eigenvalue weighted by atomic mass is 10.2. The van der Waals surface area contributed by atoms with E-state index >= 15 is 0 Å². The molecule has 0 atom stereocenters. The van der Waals surface area contributed by atoms with Crippen LogP contribution in [0.5, 0.6) is 5.75 Å². The number of amides is 1. The van der Waals surface area contributed by atoms with Crippen LogP contribution in [0.15, 0.2) is 23.3 Å². The minimum Gasteiger partial charge on any atom is -0.497 e. The Hall–Kier alpha value is -1.69. The van der Waals surface area contributed by atoms with Gasteiger partial charge in [-0.1, -0.05) is 18.7 Å².